The molecule has 0 amide bonds. The van der Waals surface area contributed by atoms with Gasteiger partial charge in [0.1, 0.15) is 5.75 Å². The number of phenols is 1. The Bertz CT molecular complexity index is 776. The van der Waals surface area contributed by atoms with E-state index in [0.717, 1.165) is 12.8 Å². The predicted octanol–water partition coefficient (Wildman–Crippen LogP) is 9.02. The van der Waals surface area contributed by atoms with Crippen LogP contribution in [-0.2, 0) is 22.7 Å². The fourth-order valence-electron chi connectivity index (χ4n) is 6.98. The van der Waals surface area contributed by atoms with Gasteiger partial charge in [0.05, 0.1) is 0 Å². The van der Waals surface area contributed by atoms with Gasteiger partial charge in [0.25, 0.3) is 0 Å². The maximum atomic E-state index is 11.9. The van der Waals surface area contributed by atoms with Gasteiger partial charge in [-0.25, -0.2) is 0 Å². The fraction of sp³-hybridized carbons (Fsp3) is 0.800. The second-order valence-corrected chi connectivity index (χ2v) is 13.5. The summed E-state index contributed by atoms with van der Waals surface area (Å²) in [6, 6.07) is 0. The van der Waals surface area contributed by atoms with Crippen LogP contribution in [0.2, 0.25) is 0 Å². The molecule has 0 aromatic heterocycles. The van der Waals surface area contributed by atoms with Crippen molar-refractivity contribution in [3.05, 3.63) is 27.8 Å². The average molecular weight is 429 g/mol. The zero-order valence-electron chi connectivity index (χ0n) is 23.1. The van der Waals surface area contributed by atoms with Crippen LogP contribution in [-0.4, -0.2) is 5.11 Å². The first-order valence-electron chi connectivity index (χ1n) is 12.9. The normalized spacial score (nSPS) is 17.2. The van der Waals surface area contributed by atoms with Gasteiger partial charge >= 0.3 is 0 Å². The highest BCUT2D eigenvalue weighted by Crippen LogP contribution is 2.57. The number of hydrogen-bond acceptors (Lipinski definition) is 1. The van der Waals surface area contributed by atoms with Crippen molar-refractivity contribution < 1.29 is 5.11 Å². The Morgan fingerprint density at radius 1 is 0.871 bits per heavy atom. The van der Waals surface area contributed by atoms with Crippen LogP contribution in [0.25, 0.3) is 0 Å². The van der Waals surface area contributed by atoms with Crippen molar-refractivity contribution in [2.75, 3.05) is 0 Å². The molecule has 0 saturated carbocycles. The van der Waals surface area contributed by atoms with Crippen molar-refractivity contribution in [3.8, 4) is 5.75 Å². The van der Waals surface area contributed by atoms with Crippen molar-refractivity contribution >= 4 is 0 Å². The summed E-state index contributed by atoms with van der Waals surface area (Å²) in [7, 11) is 0. The Balaban J connectivity index is 3.24. The van der Waals surface area contributed by atoms with Gasteiger partial charge in [-0.1, -0.05) is 90.0 Å². The van der Waals surface area contributed by atoms with Crippen molar-refractivity contribution in [2.24, 2.45) is 17.8 Å². The van der Waals surface area contributed by atoms with E-state index in [0.29, 0.717) is 29.4 Å². The fourth-order valence-corrected chi connectivity index (χ4v) is 6.98. The van der Waals surface area contributed by atoms with Gasteiger partial charge in [0.15, 0.2) is 0 Å². The van der Waals surface area contributed by atoms with Crippen LogP contribution in [0.4, 0.5) is 0 Å². The molecular formula is C30H52O. The largest absolute Gasteiger partial charge is 0.507 e. The molecule has 0 spiro atoms. The molecule has 0 heterocycles. The Morgan fingerprint density at radius 2 is 1.39 bits per heavy atom. The summed E-state index contributed by atoms with van der Waals surface area (Å²) in [6.07, 6.45) is 4.67. The van der Waals surface area contributed by atoms with Crippen molar-refractivity contribution in [1.29, 1.82) is 0 Å². The van der Waals surface area contributed by atoms with E-state index in [1.165, 1.54) is 35.1 Å². The molecule has 0 aliphatic heterocycles. The van der Waals surface area contributed by atoms with Crippen molar-refractivity contribution in [2.45, 2.75) is 138 Å². The molecule has 1 aliphatic rings. The van der Waals surface area contributed by atoms with Crippen LogP contribution < -0.4 is 0 Å². The molecule has 0 atom stereocenters. The Morgan fingerprint density at radius 3 is 1.77 bits per heavy atom. The molecule has 178 valence electrons. The molecule has 0 bridgehead atoms. The van der Waals surface area contributed by atoms with Gasteiger partial charge < -0.3 is 5.11 Å². The van der Waals surface area contributed by atoms with Gasteiger partial charge in [-0.05, 0) is 76.9 Å². The lowest BCUT2D eigenvalue weighted by atomic mass is 9.54. The molecule has 0 unspecified atom stereocenters. The molecule has 31 heavy (non-hydrogen) atoms. The standard InChI is InChI=1S/C30H52O/c1-18(2)17-30(20(5)6,21(7)8)24-22-15-14-16-29(12,13)25(22)27(31)26(28(9,10)11)23(24)19(3)4/h18-21,31H,14-17H2,1-13H3. The molecule has 1 aromatic carbocycles. The summed E-state index contributed by atoms with van der Waals surface area (Å²) >= 11 is 0. The van der Waals surface area contributed by atoms with Gasteiger partial charge in [-0.3, -0.25) is 0 Å². The second kappa shape index (κ2) is 8.75. The van der Waals surface area contributed by atoms with E-state index in [4.69, 9.17) is 0 Å². The molecule has 1 nitrogen and oxygen atoms in total. The van der Waals surface area contributed by atoms with Gasteiger partial charge in [-0.15, -0.1) is 0 Å². The molecule has 0 fully saturated rings. The Kier molecular flexibility index (Phi) is 7.42. The monoisotopic (exact) mass is 428 g/mol. The smallest absolute Gasteiger partial charge is 0.123 e. The SMILES string of the molecule is CC(C)CC(c1c2c(c(O)c(C(C)(C)C)c1C(C)C)C(C)(C)CCC2)(C(C)C)C(C)C. The maximum absolute atomic E-state index is 11.9. The third kappa shape index (κ3) is 4.45. The van der Waals surface area contributed by atoms with Gasteiger partial charge in [0.2, 0.25) is 0 Å². The summed E-state index contributed by atoms with van der Waals surface area (Å²) in [4.78, 5) is 0. The number of hydrogen-bond donors (Lipinski definition) is 1. The quantitative estimate of drug-likeness (QED) is 0.479. The van der Waals surface area contributed by atoms with Crippen LogP contribution in [0.1, 0.15) is 143 Å². The highest BCUT2D eigenvalue weighted by Gasteiger charge is 2.47. The van der Waals surface area contributed by atoms with E-state index in [9.17, 15) is 5.11 Å². The third-order valence-corrected chi connectivity index (χ3v) is 8.12. The van der Waals surface area contributed by atoms with Crippen LogP contribution in [0.3, 0.4) is 0 Å². The molecule has 0 radical (unpaired) electrons. The van der Waals surface area contributed by atoms with E-state index in [1.807, 2.05) is 0 Å². The minimum atomic E-state index is -0.0987. The molecule has 1 aromatic rings. The Hall–Kier alpha value is -0.980. The Labute approximate surface area is 194 Å². The van der Waals surface area contributed by atoms with E-state index in [-0.39, 0.29) is 16.2 Å². The summed E-state index contributed by atoms with van der Waals surface area (Å²) in [5.41, 5.74) is 7.06. The average Bonchev–Trinajstić information content (AvgIpc) is 2.56. The summed E-state index contributed by atoms with van der Waals surface area (Å²) in [5.74, 6) is 2.70. The molecule has 2 rings (SSSR count). The lowest BCUT2D eigenvalue weighted by molar-refractivity contribution is 0.173. The van der Waals surface area contributed by atoms with E-state index in [1.54, 1.807) is 5.56 Å². The van der Waals surface area contributed by atoms with Gasteiger partial charge in [0, 0.05) is 16.5 Å². The lowest BCUT2D eigenvalue weighted by Gasteiger charge is -2.50. The number of phenolic OH excluding ortho intramolecular Hbond substituents is 1. The zero-order chi connectivity index (χ0) is 24.1. The topological polar surface area (TPSA) is 20.2 Å². The highest BCUT2D eigenvalue weighted by molar-refractivity contribution is 5.63. The van der Waals surface area contributed by atoms with Crippen LogP contribution in [0.15, 0.2) is 0 Å². The van der Waals surface area contributed by atoms with Crippen LogP contribution >= 0.6 is 0 Å². The summed E-state index contributed by atoms with van der Waals surface area (Å²) in [5, 5.41) is 11.9. The van der Waals surface area contributed by atoms with E-state index >= 15 is 0 Å². The van der Waals surface area contributed by atoms with Crippen LogP contribution in [0, 0.1) is 17.8 Å². The van der Waals surface area contributed by atoms with Gasteiger partial charge in [-0.2, -0.15) is 0 Å². The van der Waals surface area contributed by atoms with Crippen molar-refractivity contribution in [3.63, 3.8) is 0 Å². The maximum Gasteiger partial charge on any atom is 0.123 e. The van der Waals surface area contributed by atoms with E-state index < -0.39 is 0 Å². The first-order valence-corrected chi connectivity index (χ1v) is 12.9. The highest BCUT2D eigenvalue weighted by atomic mass is 16.3. The molecular weight excluding hydrogens is 376 g/mol. The number of rotatable bonds is 6. The molecule has 1 heteroatoms. The van der Waals surface area contributed by atoms with Crippen molar-refractivity contribution in [1.82, 2.24) is 0 Å². The summed E-state index contributed by atoms with van der Waals surface area (Å²) < 4.78 is 0. The first-order chi connectivity index (χ1) is 14.0. The second-order valence-electron chi connectivity index (χ2n) is 13.5. The third-order valence-electron chi connectivity index (χ3n) is 8.12. The lowest BCUT2D eigenvalue weighted by Crippen LogP contribution is -2.43. The number of aromatic hydroxyl groups is 1. The molecule has 1 aliphatic carbocycles. The number of fused-ring (bicyclic) bond motifs is 1. The van der Waals surface area contributed by atoms with Crippen LogP contribution in [0.5, 0.6) is 5.75 Å². The predicted molar refractivity (Wildman–Crippen MR) is 138 cm³/mol. The first kappa shape index (κ1) is 26.3. The van der Waals surface area contributed by atoms with E-state index in [2.05, 4.69) is 90.0 Å². The summed E-state index contributed by atoms with van der Waals surface area (Å²) in [6.45, 7) is 30.8. The molecule has 1 N–H and O–H groups in total. The number of benzene rings is 1. The minimum absolute atomic E-state index is 0.0133. The minimum Gasteiger partial charge on any atom is -0.507 e. The molecule has 0 saturated heterocycles. The zero-order valence-corrected chi connectivity index (χ0v) is 23.1.